The van der Waals surface area contributed by atoms with Crippen molar-refractivity contribution in [1.82, 2.24) is 0 Å². The number of hydrogen-bond donors (Lipinski definition) is 0. The highest BCUT2D eigenvalue weighted by atomic mass is 19.2. The second-order valence-electron chi connectivity index (χ2n) is 8.05. The van der Waals surface area contributed by atoms with E-state index in [-0.39, 0.29) is 5.92 Å². The summed E-state index contributed by atoms with van der Waals surface area (Å²) in [6.45, 7) is 3.83. The second-order valence-corrected chi connectivity index (χ2v) is 8.05. The summed E-state index contributed by atoms with van der Waals surface area (Å²) in [6, 6.07) is 6.78. The summed E-state index contributed by atoms with van der Waals surface area (Å²) in [6.07, 6.45) is 10.4. The van der Waals surface area contributed by atoms with E-state index in [0.29, 0.717) is 5.56 Å². The standard InChI is InChI=1S/C24H25F3/c1-2-3-4-15-5-9-20-17(11-15)6-7-18-12-16(8-10-21(18)20)19-13-22(25)24(27)23(26)14-19/h2,6-7,13-16H,1,3-5,8-12H2. The van der Waals surface area contributed by atoms with Crippen molar-refractivity contribution in [1.29, 1.82) is 0 Å². The van der Waals surface area contributed by atoms with Crippen LogP contribution in [0, 0.1) is 23.4 Å². The normalized spacial score (nSPS) is 21.4. The van der Waals surface area contributed by atoms with E-state index in [1.165, 1.54) is 35.1 Å². The highest BCUT2D eigenvalue weighted by molar-refractivity contribution is 5.45. The van der Waals surface area contributed by atoms with Gasteiger partial charge in [0.05, 0.1) is 0 Å². The molecular weight excluding hydrogens is 345 g/mol. The third-order valence-corrected chi connectivity index (χ3v) is 6.40. The molecule has 2 aliphatic carbocycles. The molecule has 0 radical (unpaired) electrons. The molecule has 2 aromatic carbocycles. The summed E-state index contributed by atoms with van der Waals surface area (Å²) in [7, 11) is 0. The molecule has 0 fully saturated rings. The Balaban J connectivity index is 1.56. The van der Waals surface area contributed by atoms with Gasteiger partial charge >= 0.3 is 0 Å². The summed E-state index contributed by atoms with van der Waals surface area (Å²) in [5.41, 5.74) is 6.30. The Kier molecular flexibility index (Phi) is 5.12. The molecule has 27 heavy (non-hydrogen) atoms. The lowest BCUT2D eigenvalue weighted by molar-refractivity contribution is 0.426. The summed E-state index contributed by atoms with van der Waals surface area (Å²) in [4.78, 5) is 0. The number of halogens is 3. The van der Waals surface area contributed by atoms with Crippen LogP contribution in [0.2, 0.25) is 0 Å². The fourth-order valence-corrected chi connectivity index (χ4v) is 4.94. The predicted molar refractivity (Wildman–Crippen MR) is 102 cm³/mol. The van der Waals surface area contributed by atoms with Crippen molar-refractivity contribution >= 4 is 0 Å². The van der Waals surface area contributed by atoms with Crippen LogP contribution in [0.25, 0.3) is 0 Å². The van der Waals surface area contributed by atoms with Crippen LogP contribution in [-0.4, -0.2) is 0 Å². The molecule has 0 N–H and O–H groups in total. The number of fused-ring (bicyclic) bond motifs is 3. The van der Waals surface area contributed by atoms with Crippen molar-refractivity contribution in [3.8, 4) is 0 Å². The Morgan fingerprint density at radius 2 is 1.56 bits per heavy atom. The first kappa shape index (κ1) is 18.3. The first-order chi connectivity index (χ1) is 13.1. The van der Waals surface area contributed by atoms with E-state index in [0.717, 1.165) is 56.6 Å². The maximum atomic E-state index is 13.6. The molecular formula is C24H25F3. The molecule has 0 amide bonds. The van der Waals surface area contributed by atoms with Crippen LogP contribution < -0.4 is 0 Å². The predicted octanol–water partition coefficient (Wildman–Crippen LogP) is 6.45. The number of rotatable bonds is 4. The maximum Gasteiger partial charge on any atom is 0.194 e. The van der Waals surface area contributed by atoms with Gasteiger partial charge in [-0.15, -0.1) is 6.58 Å². The Hall–Kier alpha value is -2.03. The lowest BCUT2D eigenvalue weighted by atomic mass is 9.73. The number of allylic oxidation sites excluding steroid dienone is 1. The molecule has 0 aromatic heterocycles. The molecule has 0 nitrogen and oxygen atoms in total. The van der Waals surface area contributed by atoms with Crippen molar-refractivity contribution in [2.75, 3.05) is 0 Å². The van der Waals surface area contributed by atoms with Gasteiger partial charge in [0.15, 0.2) is 17.5 Å². The van der Waals surface area contributed by atoms with Crippen LogP contribution in [0.4, 0.5) is 13.2 Å². The highest BCUT2D eigenvalue weighted by Crippen LogP contribution is 2.39. The van der Waals surface area contributed by atoms with Crippen molar-refractivity contribution in [2.24, 2.45) is 5.92 Å². The van der Waals surface area contributed by atoms with Gasteiger partial charge in [0.25, 0.3) is 0 Å². The molecule has 0 bridgehead atoms. The largest absolute Gasteiger partial charge is 0.204 e. The van der Waals surface area contributed by atoms with Crippen LogP contribution in [0.1, 0.15) is 59.4 Å². The fraction of sp³-hybridized carbons (Fsp3) is 0.417. The Labute approximate surface area is 159 Å². The first-order valence-electron chi connectivity index (χ1n) is 9.94. The smallest absolute Gasteiger partial charge is 0.194 e. The molecule has 0 saturated carbocycles. The Morgan fingerprint density at radius 3 is 2.22 bits per heavy atom. The average Bonchev–Trinajstić information content (AvgIpc) is 2.69. The van der Waals surface area contributed by atoms with E-state index in [1.54, 1.807) is 0 Å². The lowest BCUT2D eigenvalue weighted by Gasteiger charge is -2.32. The zero-order valence-corrected chi connectivity index (χ0v) is 15.5. The summed E-state index contributed by atoms with van der Waals surface area (Å²) in [5.74, 6) is -2.77. The molecule has 4 rings (SSSR count). The first-order valence-corrected chi connectivity index (χ1v) is 9.94. The molecule has 0 spiro atoms. The van der Waals surface area contributed by atoms with Crippen molar-refractivity contribution in [2.45, 2.75) is 57.3 Å². The van der Waals surface area contributed by atoms with E-state index < -0.39 is 17.5 Å². The third kappa shape index (κ3) is 3.56. The minimum absolute atomic E-state index is 0.0454. The van der Waals surface area contributed by atoms with Gasteiger partial charge in [0.1, 0.15) is 0 Å². The zero-order valence-electron chi connectivity index (χ0n) is 15.5. The average molecular weight is 370 g/mol. The molecule has 2 unspecified atom stereocenters. The topological polar surface area (TPSA) is 0 Å². The second kappa shape index (κ2) is 7.53. The van der Waals surface area contributed by atoms with E-state index >= 15 is 0 Å². The van der Waals surface area contributed by atoms with Gasteiger partial charge in [-0.25, -0.2) is 13.2 Å². The highest BCUT2D eigenvalue weighted by Gasteiger charge is 2.27. The van der Waals surface area contributed by atoms with Crippen LogP contribution >= 0.6 is 0 Å². The zero-order chi connectivity index (χ0) is 19.0. The van der Waals surface area contributed by atoms with Crippen molar-refractivity contribution < 1.29 is 13.2 Å². The molecule has 3 heteroatoms. The van der Waals surface area contributed by atoms with Gasteiger partial charge in [0.2, 0.25) is 0 Å². The van der Waals surface area contributed by atoms with Crippen LogP contribution in [0.3, 0.4) is 0 Å². The fourth-order valence-electron chi connectivity index (χ4n) is 4.94. The minimum Gasteiger partial charge on any atom is -0.204 e. The van der Waals surface area contributed by atoms with E-state index in [1.807, 2.05) is 6.08 Å². The number of hydrogen-bond acceptors (Lipinski definition) is 0. The minimum atomic E-state index is -1.38. The van der Waals surface area contributed by atoms with Gasteiger partial charge < -0.3 is 0 Å². The third-order valence-electron chi connectivity index (χ3n) is 6.40. The number of benzene rings is 2. The van der Waals surface area contributed by atoms with Gasteiger partial charge in [0, 0.05) is 0 Å². The van der Waals surface area contributed by atoms with Gasteiger partial charge in [-0.05, 0) is 103 Å². The maximum absolute atomic E-state index is 13.6. The quantitative estimate of drug-likeness (QED) is 0.429. The van der Waals surface area contributed by atoms with Gasteiger partial charge in [-0.1, -0.05) is 18.2 Å². The lowest BCUT2D eigenvalue weighted by Crippen LogP contribution is -2.20. The molecule has 2 aromatic rings. The molecule has 142 valence electrons. The summed E-state index contributed by atoms with van der Waals surface area (Å²) in [5, 5.41) is 0. The molecule has 0 aliphatic heterocycles. The SMILES string of the molecule is C=CCCC1CCc2c(ccc3c2CCC(c2cc(F)c(F)c(F)c2)C3)C1. The summed E-state index contributed by atoms with van der Waals surface area (Å²) < 4.78 is 40.5. The van der Waals surface area contributed by atoms with Crippen molar-refractivity contribution in [3.63, 3.8) is 0 Å². The van der Waals surface area contributed by atoms with Gasteiger partial charge in [-0.2, -0.15) is 0 Å². The molecule has 0 saturated heterocycles. The molecule has 2 atom stereocenters. The van der Waals surface area contributed by atoms with Gasteiger partial charge in [-0.3, -0.25) is 0 Å². The van der Waals surface area contributed by atoms with E-state index in [9.17, 15) is 13.2 Å². The molecule has 2 aliphatic rings. The van der Waals surface area contributed by atoms with Crippen LogP contribution in [0.5, 0.6) is 0 Å². The monoisotopic (exact) mass is 370 g/mol. The summed E-state index contributed by atoms with van der Waals surface area (Å²) >= 11 is 0. The Morgan fingerprint density at radius 1 is 0.926 bits per heavy atom. The van der Waals surface area contributed by atoms with Crippen LogP contribution in [-0.2, 0) is 25.7 Å². The Bertz CT molecular complexity index is 845. The van der Waals surface area contributed by atoms with Crippen LogP contribution in [0.15, 0.2) is 36.9 Å². The van der Waals surface area contributed by atoms with E-state index in [4.69, 9.17) is 0 Å². The molecule has 0 heterocycles. The van der Waals surface area contributed by atoms with Crippen molar-refractivity contribution in [3.05, 3.63) is 82.2 Å². The van der Waals surface area contributed by atoms with E-state index in [2.05, 4.69) is 18.7 Å².